The third-order valence-electron chi connectivity index (χ3n) is 0.175. The Kier molecular flexibility index (Phi) is 238. The van der Waals surface area contributed by atoms with E-state index in [1.807, 2.05) is 6.92 Å². The van der Waals surface area contributed by atoms with Crippen LogP contribution in [0.5, 0.6) is 0 Å². The smallest absolute Gasteiger partial charge is 0.327 e. The van der Waals surface area contributed by atoms with Crippen LogP contribution in [-0.4, -0.2) is 47.7 Å². The number of aliphatic hydroxyl groups is 3. The second-order valence-electron chi connectivity index (χ2n) is 1.04. The summed E-state index contributed by atoms with van der Waals surface area (Å²) in [5, 5.41) is 28.6. The minimum atomic E-state index is -0.981. The van der Waals surface area contributed by atoms with E-state index in [0.717, 1.165) is 33.8 Å². The number of carbonyl (C=O) groups is 1. The first-order valence-electron chi connectivity index (χ1n) is 3.67. The van der Waals surface area contributed by atoms with Gasteiger partial charge in [0.2, 0.25) is 0 Å². The molecule has 0 fully saturated rings. The number of aliphatic hydroxyl groups excluding tert-OH is 3. The van der Waals surface area contributed by atoms with Gasteiger partial charge in [-0.1, -0.05) is 13.5 Å². The zero-order valence-corrected chi connectivity index (χ0v) is 11.5. The summed E-state index contributed by atoms with van der Waals surface area (Å²) in [5.74, 6) is -0.981. The average molecular weight is 259 g/mol. The fourth-order valence-corrected chi connectivity index (χ4v) is 0. The van der Waals surface area contributed by atoms with Crippen LogP contribution in [0.3, 0.4) is 0 Å². The predicted molar refractivity (Wildman–Crippen MR) is 57.9 cm³/mol. The first kappa shape index (κ1) is 36.4. The molecule has 6 heteroatoms. The number of rotatable bonds is 1. The summed E-state index contributed by atoms with van der Waals surface area (Å²) in [6.45, 7) is 8.46. The van der Waals surface area contributed by atoms with Gasteiger partial charge in [-0.3, -0.25) is 0 Å². The molecule has 0 aromatic carbocycles. The molecular weight excluding hydrogens is 236 g/mol. The Morgan fingerprint density at radius 1 is 1.20 bits per heavy atom. The fourth-order valence-electron chi connectivity index (χ4n) is 0. The minimum absolute atomic E-state index is 0. The number of carboxylic acids is 1. The summed E-state index contributed by atoms with van der Waals surface area (Å²) in [4.78, 5) is 9.25. The van der Waals surface area contributed by atoms with Crippen LogP contribution < -0.4 is 0 Å². The maximum atomic E-state index is 9.25. The molecule has 0 aliphatic rings. The largest absolute Gasteiger partial charge is 0.478 e. The van der Waals surface area contributed by atoms with Crippen molar-refractivity contribution in [2.75, 3.05) is 21.3 Å². The molecule has 4 N–H and O–H groups in total. The molecule has 0 aromatic rings. The molecule has 0 saturated heterocycles. The first-order chi connectivity index (χ1) is 6.68. The summed E-state index contributed by atoms with van der Waals surface area (Å²) < 4.78 is 0. The molecule has 0 aliphatic heterocycles. The molecule has 0 heterocycles. The van der Waals surface area contributed by atoms with E-state index in [9.17, 15) is 4.79 Å². The molecule has 0 rings (SSSR count). The molecule has 0 unspecified atom stereocenters. The van der Waals surface area contributed by atoms with E-state index in [4.69, 9.17) is 20.4 Å². The summed E-state index contributed by atoms with van der Waals surface area (Å²) in [5.41, 5.74) is 0. The van der Waals surface area contributed by atoms with Crippen molar-refractivity contribution in [3.63, 3.8) is 0 Å². The van der Waals surface area contributed by atoms with E-state index in [0.29, 0.717) is 0 Å². The third kappa shape index (κ3) is 591. The maximum Gasteiger partial charge on any atom is 0.327 e. The van der Waals surface area contributed by atoms with Crippen molar-refractivity contribution < 1.29 is 46.9 Å². The van der Waals surface area contributed by atoms with E-state index in [-0.39, 0.29) is 21.7 Å². The van der Waals surface area contributed by atoms with Gasteiger partial charge in [0.25, 0.3) is 0 Å². The van der Waals surface area contributed by atoms with Crippen LogP contribution in [0.15, 0.2) is 12.7 Å². The summed E-state index contributed by atoms with van der Waals surface area (Å²) in [6.07, 6.45) is 1.83. The molecule has 0 amide bonds. The van der Waals surface area contributed by atoms with Gasteiger partial charge in [-0.2, -0.15) is 6.42 Å². The fraction of sp³-hybridized carbons (Fsp3) is 0.556. The van der Waals surface area contributed by atoms with Gasteiger partial charge < -0.3 is 27.3 Å². The Bertz CT molecular complexity index is 78.9. The van der Waals surface area contributed by atoms with Crippen LogP contribution in [0.25, 0.3) is 0 Å². The van der Waals surface area contributed by atoms with E-state index < -0.39 is 5.97 Å². The second-order valence-corrected chi connectivity index (χ2v) is 1.04. The van der Waals surface area contributed by atoms with Gasteiger partial charge in [0.1, 0.15) is 0 Å². The molecule has 0 aliphatic carbocycles. The van der Waals surface area contributed by atoms with E-state index in [2.05, 4.69) is 13.5 Å². The topological polar surface area (TPSA) is 98.0 Å². The van der Waals surface area contributed by atoms with Crippen molar-refractivity contribution in [3.8, 4) is 0 Å². The van der Waals surface area contributed by atoms with Gasteiger partial charge in [-0.15, -0.1) is 0 Å². The van der Waals surface area contributed by atoms with Gasteiger partial charge in [0, 0.05) is 49.1 Å². The molecule has 0 spiro atoms. The zero-order valence-electron chi connectivity index (χ0n) is 9.90. The predicted octanol–water partition coefficient (Wildman–Crippen LogP) is 0.310. The van der Waals surface area contributed by atoms with Gasteiger partial charge in [-0.05, 0) is 0 Å². The summed E-state index contributed by atoms with van der Waals surface area (Å²) >= 11 is 0. The van der Waals surface area contributed by atoms with Crippen molar-refractivity contribution in [1.29, 1.82) is 0 Å². The molecule has 0 aromatic heterocycles. The molecular formula is C9H23O5Ti-. The minimum Gasteiger partial charge on any atom is -0.478 e. The Morgan fingerprint density at radius 2 is 1.27 bits per heavy atom. The van der Waals surface area contributed by atoms with E-state index >= 15 is 0 Å². The van der Waals surface area contributed by atoms with Crippen LogP contribution in [0.4, 0.5) is 0 Å². The summed E-state index contributed by atoms with van der Waals surface area (Å²) in [7, 11) is 3.00. The number of hydrogen-bond acceptors (Lipinski definition) is 4. The molecule has 0 saturated carbocycles. The van der Waals surface area contributed by atoms with Crippen LogP contribution >= 0.6 is 0 Å². The van der Waals surface area contributed by atoms with Gasteiger partial charge >= 0.3 is 5.97 Å². The second kappa shape index (κ2) is 98.1. The van der Waals surface area contributed by atoms with Crippen molar-refractivity contribution in [2.45, 2.75) is 13.3 Å². The number of aliphatic carboxylic acids is 1. The van der Waals surface area contributed by atoms with Crippen molar-refractivity contribution in [2.24, 2.45) is 0 Å². The van der Waals surface area contributed by atoms with E-state index in [1.54, 1.807) is 0 Å². The van der Waals surface area contributed by atoms with Crippen molar-refractivity contribution in [1.82, 2.24) is 0 Å². The number of hydrogen-bond donors (Lipinski definition) is 4. The Hall–Kier alpha value is -0.196. The molecule has 0 atom stereocenters. The monoisotopic (exact) mass is 259 g/mol. The van der Waals surface area contributed by atoms with Crippen LogP contribution in [0.2, 0.25) is 0 Å². The van der Waals surface area contributed by atoms with Gasteiger partial charge in [-0.25, -0.2) is 4.79 Å². The summed E-state index contributed by atoms with van der Waals surface area (Å²) in [6, 6.07) is 0. The Morgan fingerprint density at radius 3 is 1.27 bits per heavy atom. The standard InChI is InChI=1S/C3H4O2.C3H7.3CH4O.Ti/c1-2-3(4)5;1-3-2;3*1-2;/h2H,1H2,(H,4,5);1,3H2,2H3;3*2H,1H3;/q;-1;;;;. The number of carboxylic acid groups (broad SMARTS) is 1. The van der Waals surface area contributed by atoms with E-state index in [1.165, 1.54) is 0 Å². The average Bonchev–Trinajstić information content (AvgIpc) is 2.27. The normalized spacial score (nSPS) is 4.53. The molecule has 0 radical (unpaired) electrons. The van der Waals surface area contributed by atoms with Crippen molar-refractivity contribution in [3.05, 3.63) is 19.6 Å². The van der Waals surface area contributed by atoms with Crippen LogP contribution in [0.1, 0.15) is 13.3 Å². The maximum absolute atomic E-state index is 9.25. The SMILES string of the molecule is C=CC(=O)O.CO.CO.CO.[CH2-]CC.[Ti]. The van der Waals surface area contributed by atoms with Gasteiger partial charge in [0.15, 0.2) is 0 Å². The molecule has 94 valence electrons. The quantitative estimate of drug-likeness (QED) is 0.308. The van der Waals surface area contributed by atoms with Crippen LogP contribution in [0, 0.1) is 6.92 Å². The van der Waals surface area contributed by atoms with Gasteiger partial charge in [0.05, 0.1) is 0 Å². The third-order valence-corrected chi connectivity index (χ3v) is 0.175. The molecule has 5 nitrogen and oxygen atoms in total. The molecule has 15 heavy (non-hydrogen) atoms. The van der Waals surface area contributed by atoms with Crippen LogP contribution in [-0.2, 0) is 26.5 Å². The molecule has 0 bridgehead atoms. The first-order valence-corrected chi connectivity index (χ1v) is 3.67. The van der Waals surface area contributed by atoms with Crippen molar-refractivity contribution >= 4 is 5.97 Å². The zero-order chi connectivity index (χ0) is 13.0. The Balaban J connectivity index is -0.0000000179. The Labute approximate surface area is 107 Å².